The maximum atomic E-state index is 11.9. The summed E-state index contributed by atoms with van der Waals surface area (Å²) in [6.45, 7) is 7.80. The van der Waals surface area contributed by atoms with Crippen LogP contribution >= 0.6 is 0 Å². The van der Waals surface area contributed by atoms with Gasteiger partial charge in [-0.1, -0.05) is 29.8 Å². The fourth-order valence-corrected chi connectivity index (χ4v) is 2.11. The van der Waals surface area contributed by atoms with Gasteiger partial charge in [-0.3, -0.25) is 0 Å². The molecule has 0 bridgehead atoms. The van der Waals surface area contributed by atoms with E-state index in [0.717, 1.165) is 17.1 Å². The highest BCUT2D eigenvalue weighted by Gasteiger charge is 2.09. The van der Waals surface area contributed by atoms with E-state index in [2.05, 4.69) is 46.5 Å². The largest absolute Gasteiger partial charge is 0.341 e. The number of benzene rings is 1. The van der Waals surface area contributed by atoms with Crippen molar-refractivity contribution in [1.29, 1.82) is 0 Å². The summed E-state index contributed by atoms with van der Waals surface area (Å²) in [6, 6.07) is 8.19. The molecule has 0 aliphatic carbocycles. The zero-order valence-electron chi connectivity index (χ0n) is 12.8. The molecule has 5 heteroatoms. The summed E-state index contributed by atoms with van der Waals surface area (Å²) in [5, 5.41) is 2.87. The van der Waals surface area contributed by atoms with Crippen LogP contribution < -0.4 is 5.32 Å². The summed E-state index contributed by atoms with van der Waals surface area (Å²) in [7, 11) is 0. The van der Waals surface area contributed by atoms with Gasteiger partial charge in [0.1, 0.15) is 5.82 Å². The average Bonchev–Trinajstić information content (AvgIpc) is 2.96. The molecule has 0 atom stereocenters. The summed E-state index contributed by atoms with van der Waals surface area (Å²) in [5.41, 5.74) is 3.28. The third kappa shape index (κ3) is 3.84. The molecule has 0 saturated carbocycles. The highest BCUT2D eigenvalue weighted by molar-refractivity contribution is 5.74. The van der Waals surface area contributed by atoms with Crippen molar-refractivity contribution in [2.24, 2.45) is 0 Å². The lowest BCUT2D eigenvalue weighted by atomic mass is 10.1. The molecule has 5 nitrogen and oxygen atoms in total. The Morgan fingerprint density at radius 2 is 1.90 bits per heavy atom. The first-order valence-corrected chi connectivity index (χ1v) is 7.27. The molecule has 1 aromatic heterocycles. The van der Waals surface area contributed by atoms with Crippen molar-refractivity contribution in [3.05, 3.63) is 41.9 Å². The number of carbonyl (C=O) groups excluding carboxylic acids is 1. The van der Waals surface area contributed by atoms with Crippen LogP contribution in [0.1, 0.15) is 25.2 Å². The van der Waals surface area contributed by atoms with E-state index in [0.29, 0.717) is 19.6 Å². The fourth-order valence-electron chi connectivity index (χ4n) is 2.11. The van der Waals surface area contributed by atoms with Crippen LogP contribution in [0.3, 0.4) is 0 Å². The molecular weight excluding hydrogens is 264 g/mol. The summed E-state index contributed by atoms with van der Waals surface area (Å²) >= 11 is 0. The molecule has 0 aliphatic heterocycles. The molecule has 0 saturated heterocycles. The SMILES string of the molecule is CCN(CC)C(=O)NCc1ncc(-c2ccc(C)cc2)[nH]1. The predicted molar refractivity (Wildman–Crippen MR) is 83.9 cm³/mol. The van der Waals surface area contributed by atoms with Gasteiger partial charge >= 0.3 is 6.03 Å². The molecule has 112 valence electrons. The Kier molecular flexibility index (Phi) is 4.98. The smallest absolute Gasteiger partial charge is 0.317 e. The van der Waals surface area contributed by atoms with E-state index in [1.54, 1.807) is 11.1 Å². The Labute approximate surface area is 125 Å². The predicted octanol–water partition coefficient (Wildman–Crippen LogP) is 2.94. The van der Waals surface area contributed by atoms with Gasteiger partial charge in [-0.2, -0.15) is 0 Å². The van der Waals surface area contributed by atoms with Crippen molar-refractivity contribution in [2.45, 2.75) is 27.3 Å². The Bertz CT molecular complexity index is 585. The van der Waals surface area contributed by atoms with Crippen molar-refractivity contribution < 1.29 is 4.79 Å². The number of aromatic nitrogens is 2. The summed E-state index contributed by atoms with van der Waals surface area (Å²) < 4.78 is 0. The maximum Gasteiger partial charge on any atom is 0.317 e. The second-order valence-corrected chi connectivity index (χ2v) is 4.94. The van der Waals surface area contributed by atoms with Gasteiger partial charge < -0.3 is 15.2 Å². The van der Waals surface area contributed by atoms with Gasteiger partial charge in [0.25, 0.3) is 0 Å². The summed E-state index contributed by atoms with van der Waals surface area (Å²) in [6.07, 6.45) is 1.80. The van der Waals surface area contributed by atoms with Crippen molar-refractivity contribution in [3.63, 3.8) is 0 Å². The normalized spacial score (nSPS) is 10.4. The topological polar surface area (TPSA) is 61.0 Å². The Hall–Kier alpha value is -2.30. The molecule has 21 heavy (non-hydrogen) atoms. The molecule has 2 N–H and O–H groups in total. The molecule has 2 rings (SSSR count). The summed E-state index contributed by atoms with van der Waals surface area (Å²) in [5.74, 6) is 0.756. The van der Waals surface area contributed by atoms with Crippen molar-refractivity contribution in [1.82, 2.24) is 20.2 Å². The molecule has 1 aromatic carbocycles. The van der Waals surface area contributed by atoms with Crippen LogP contribution in [-0.4, -0.2) is 34.0 Å². The minimum Gasteiger partial charge on any atom is -0.341 e. The van der Waals surface area contributed by atoms with Crippen LogP contribution in [0.2, 0.25) is 0 Å². The lowest BCUT2D eigenvalue weighted by Crippen LogP contribution is -2.39. The van der Waals surface area contributed by atoms with Gasteiger partial charge in [-0.25, -0.2) is 9.78 Å². The zero-order valence-corrected chi connectivity index (χ0v) is 12.8. The first-order valence-electron chi connectivity index (χ1n) is 7.27. The van der Waals surface area contributed by atoms with E-state index in [1.165, 1.54) is 5.56 Å². The number of aryl methyl sites for hydroxylation is 1. The monoisotopic (exact) mass is 286 g/mol. The van der Waals surface area contributed by atoms with E-state index < -0.39 is 0 Å². The Morgan fingerprint density at radius 3 is 2.52 bits per heavy atom. The molecule has 0 aliphatic rings. The van der Waals surface area contributed by atoms with E-state index in [1.807, 2.05) is 13.8 Å². The number of rotatable bonds is 5. The number of nitrogens with one attached hydrogen (secondary N) is 2. The quantitative estimate of drug-likeness (QED) is 0.887. The molecule has 0 fully saturated rings. The van der Waals surface area contributed by atoms with Gasteiger partial charge in [0.2, 0.25) is 0 Å². The molecule has 0 spiro atoms. The highest BCUT2D eigenvalue weighted by atomic mass is 16.2. The fraction of sp³-hybridized carbons (Fsp3) is 0.375. The molecule has 2 amide bonds. The molecular formula is C16H22N4O. The van der Waals surface area contributed by atoms with Gasteiger partial charge in [0.05, 0.1) is 18.4 Å². The van der Waals surface area contributed by atoms with Crippen molar-refractivity contribution in [2.75, 3.05) is 13.1 Å². The lowest BCUT2D eigenvalue weighted by molar-refractivity contribution is 0.202. The van der Waals surface area contributed by atoms with Crippen LogP contribution in [0.4, 0.5) is 4.79 Å². The van der Waals surface area contributed by atoms with Crippen molar-refractivity contribution >= 4 is 6.03 Å². The Morgan fingerprint density at radius 1 is 1.24 bits per heavy atom. The second-order valence-electron chi connectivity index (χ2n) is 4.94. The van der Waals surface area contributed by atoms with Crippen LogP contribution in [0.15, 0.2) is 30.5 Å². The maximum absolute atomic E-state index is 11.9. The minimum atomic E-state index is -0.0618. The van der Waals surface area contributed by atoms with Crippen LogP contribution in [0.5, 0.6) is 0 Å². The number of nitrogens with zero attached hydrogens (tertiary/aromatic N) is 2. The van der Waals surface area contributed by atoms with Gasteiger partial charge in [-0.05, 0) is 26.3 Å². The van der Waals surface area contributed by atoms with Gasteiger partial charge in [0.15, 0.2) is 0 Å². The van der Waals surface area contributed by atoms with Gasteiger partial charge in [0, 0.05) is 13.1 Å². The minimum absolute atomic E-state index is 0.0618. The number of hydrogen-bond donors (Lipinski definition) is 2. The standard InChI is InChI=1S/C16H22N4O/c1-4-20(5-2)16(21)18-11-15-17-10-14(19-15)13-8-6-12(3)7-9-13/h6-10H,4-5,11H2,1-3H3,(H,17,19)(H,18,21). The first-order chi connectivity index (χ1) is 10.1. The third-order valence-corrected chi connectivity index (χ3v) is 3.45. The molecule has 2 aromatic rings. The van der Waals surface area contributed by atoms with E-state index in [4.69, 9.17) is 0 Å². The van der Waals surface area contributed by atoms with Gasteiger partial charge in [-0.15, -0.1) is 0 Å². The number of imidazole rings is 1. The van der Waals surface area contributed by atoms with E-state index in [-0.39, 0.29) is 6.03 Å². The molecule has 0 radical (unpaired) electrons. The van der Waals surface area contributed by atoms with Crippen molar-refractivity contribution in [3.8, 4) is 11.3 Å². The zero-order chi connectivity index (χ0) is 15.2. The first kappa shape index (κ1) is 15.1. The van der Waals surface area contributed by atoms with Crippen LogP contribution in [-0.2, 0) is 6.54 Å². The number of carbonyl (C=O) groups is 1. The summed E-state index contributed by atoms with van der Waals surface area (Å²) in [4.78, 5) is 21.2. The van der Waals surface area contributed by atoms with E-state index >= 15 is 0 Å². The number of H-pyrrole nitrogens is 1. The number of amides is 2. The van der Waals surface area contributed by atoms with Crippen LogP contribution in [0.25, 0.3) is 11.3 Å². The Balaban J connectivity index is 1.97. The number of aromatic amines is 1. The third-order valence-electron chi connectivity index (χ3n) is 3.45. The molecule has 0 unspecified atom stereocenters. The van der Waals surface area contributed by atoms with E-state index in [9.17, 15) is 4.79 Å². The lowest BCUT2D eigenvalue weighted by Gasteiger charge is -2.18. The molecule has 1 heterocycles. The average molecular weight is 286 g/mol. The highest BCUT2D eigenvalue weighted by Crippen LogP contribution is 2.17. The second kappa shape index (κ2) is 6.92. The number of urea groups is 1. The number of hydrogen-bond acceptors (Lipinski definition) is 2. The van der Waals surface area contributed by atoms with Crippen LogP contribution in [0, 0.1) is 6.92 Å².